The zero-order chi connectivity index (χ0) is 21.5. The van der Waals surface area contributed by atoms with Crippen molar-refractivity contribution in [3.05, 3.63) is 86.5 Å². The van der Waals surface area contributed by atoms with Crippen molar-refractivity contribution in [1.82, 2.24) is 0 Å². The van der Waals surface area contributed by atoms with Gasteiger partial charge in [-0.05, 0) is 118 Å². The van der Waals surface area contributed by atoms with Gasteiger partial charge in [-0.3, -0.25) is 4.79 Å². The Morgan fingerprint density at radius 3 is 1.86 bits per heavy atom. The highest BCUT2D eigenvalue weighted by Crippen LogP contribution is 2.33. The van der Waals surface area contributed by atoms with Gasteiger partial charge in [0, 0.05) is 28.2 Å². The molecule has 0 aliphatic carbocycles. The zero-order valence-corrected chi connectivity index (χ0v) is 18.4. The average molecular weight is 387 g/mol. The number of rotatable bonds is 4. The number of ketones is 1. The number of nitrogens with two attached hydrogens (primary N) is 1. The van der Waals surface area contributed by atoms with Crippen LogP contribution in [0.2, 0.25) is 0 Å². The number of nitrogens with one attached hydrogen (secondary N) is 1. The standard InChI is InChI=1S/C26H30N2O/c1-14-8-9-21(27)13-24(14)26(29)23-11-10-22(12-15(23)2)28-25-19(6)17(4)16(3)18(5)20(25)7/h8-13,28H,27H2,1-7H3. The lowest BCUT2D eigenvalue weighted by molar-refractivity contribution is 0.103. The first-order chi connectivity index (χ1) is 13.6. The van der Waals surface area contributed by atoms with Gasteiger partial charge >= 0.3 is 0 Å². The molecule has 0 unspecified atom stereocenters. The van der Waals surface area contributed by atoms with E-state index in [-0.39, 0.29) is 5.78 Å². The van der Waals surface area contributed by atoms with Gasteiger partial charge in [0.1, 0.15) is 0 Å². The molecule has 150 valence electrons. The van der Waals surface area contributed by atoms with E-state index >= 15 is 0 Å². The molecule has 0 atom stereocenters. The van der Waals surface area contributed by atoms with Gasteiger partial charge in [-0.1, -0.05) is 6.07 Å². The molecule has 0 aliphatic rings. The number of nitrogen functional groups attached to an aromatic ring is 1. The highest BCUT2D eigenvalue weighted by Gasteiger charge is 2.16. The Kier molecular flexibility index (Phi) is 5.52. The highest BCUT2D eigenvalue weighted by molar-refractivity contribution is 6.11. The summed E-state index contributed by atoms with van der Waals surface area (Å²) in [6.45, 7) is 14.7. The van der Waals surface area contributed by atoms with Gasteiger partial charge in [-0.25, -0.2) is 0 Å². The molecule has 0 saturated heterocycles. The minimum absolute atomic E-state index is 0.00763. The van der Waals surface area contributed by atoms with Crippen molar-refractivity contribution >= 4 is 22.8 Å². The van der Waals surface area contributed by atoms with E-state index in [1.807, 2.05) is 44.2 Å². The molecule has 0 fully saturated rings. The molecule has 3 aromatic rings. The minimum atomic E-state index is 0.00763. The summed E-state index contributed by atoms with van der Waals surface area (Å²) in [7, 11) is 0. The molecule has 0 aliphatic heterocycles. The van der Waals surface area contributed by atoms with Crippen LogP contribution in [0.25, 0.3) is 0 Å². The van der Waals surface area contributed by atoms with Crippen LogP contribution in [0.5, 0.6) is 0 Å². The fourth-order valence-corrected chi connectivity index (χ4v) is 3.86. The second-order valence-corrected chi connectivity index (χ2v) is 8.06. The summed E-state index contributed by atoms with van der Waals surface area (Å²) in [5.74, 6) is 0.00763. The SMILES string of the molecule is Cc1cc(Nc2c(C)c(C)c(C)c(C)c2C)ccc1C(=O)c1cc(N)ccc1C. The van der Waals surface area contributed by atoms with Crippen molar-refractivity contribution < 1.29 is 4.79 Å². The molecular weight excluding hydrogens is 356 g/mol. The molecule has 3 aromatic carbocycles. The van der Waals surface area contributed by atoms with E-state index in [9.17, 15) is 4.79 Å². The van der Waals surface area contributed by atoms with Crippen LogP contribution in [0.4, 0.5) is 17.1 Å². The van der Waals surface area contributed by atoms with Crippen LogP contribution in [-0.4, -0.2) is 5.78 Å². The number of hydrogen-bond acceptors (Lipinski definition) is 3. The van der Waals surface area contributed by atoms with Gasteiger partial charge in [0.2, 0.25) is 0 Å². The van der Waals surface area contributed by atoms with E-state index in [1.54, 1.807) is 6.07 Å². The van der Waals surface area contributed by atoms with Crippen molar-refractivity contribution in [2.75, 3.05) is 11.1 Å². The maximum absolute atomic E-state index is 13.1. The number of hydrogen-bond donors (Lipinski definition) is 2. The zero-order valence-electron chi connectivity index (χ0n) is 18.4. The Morgan fingerprint density at radius 1 is 0.690 bits per heavy atom. The first-order valence-corrected chi connectivity index (χ1v) is 9.97. The summed E-state index contributed by atoms with van der Waals surface area (Å²) in [4.78, 5) is 13.1. The molecular formula is C26H30N2O. The second kappa shape index (κ2) is 7.75. The third kappa shape index (κ3) is 3.77. The Bertz CT molecular complexity index is 1100. The normalized spacial score (nSPS) is 10.9. The van der Waals surface area contributed by atoms with Crippen molar-refractivity contribution in [2.45, 2.75) is 48.5 Å². The summed E-state index contributed by atoms with van der Waals surface area (Å²) in [6.07, 6.45) is 0. The number of aryl methyl sites for hydroxylation is 2. The van der Waals surface area contributed by atoms with E-state index in [1.165, 1.54) is 27.8 Å². The van der Waals surface area contributed by atoms with E-state index in [2.05, 4.69) is 39.9 Å². The van der Waals surface area contributed by atoms with Gasteiger partial charge < -0.3 is 11.1 Å². The van der Waals surface area contributed by atoms with E-state index in [0.717, 1.165) is 22.5 Å². The molecule has 0 saturated carbocycles. The smallest absolute Gasteiger partial charge is 0.193 e. The van der Waals surface area contributed by atoms with Gasteiger partial charge in [-0.2, -0.15) is 0 Å². The number of anilines is 3. The monoisotopic (exact) mass is 386 g/mol. The van der Waals surface area contributed by atoms with Crippen LogP contribution in [-0.2, 0) is 0 Å². The van der Waals surface area contributed by atoms with E-state index in [0.29, 0.717) is 16.8 Å². The molecule has 0 amide bonds. The van der Waals surface area contributed by atoms with E-state index in [4.69, 9.17) is 5.73 Å². The Labute approximate surface area is 174 Å². The molecule has 29 heavy (non-hydrogen) atoms. The predicted octanol–water partition coefficient (Wildman–Crippen LogP) is 6.40. The van der Waals surface area contributed by atoms with Crippen molar-refractivity contribution in [2.24, 2.45) is 0 Å². The van der Waals surface area contributed by atoms with Gasteiger partial charge in [0.05, 0.1) is 0 Å². The van der Waals surface area contributed by atoms with Crippen LogP contribution >= 0.6 is 0 Å². The predicted molar refractivity (Wildman–Crippen MR) is 124 cm³/mol. The van der Waals surface area contributed by atoms with Crippen molar-refractivity contribution in [3.8, 4) is 0 Å². The minimum Gasteiger partial charge on any atom is -0.399 e. The third-order valence-corrected chi connectivity index (χ3v) is 6.25. The maximum Gasteiger partial charge on any atom is 0.193 e. The molecule has 3 N–H and O–H groups in total. The summed E-state index contributed by atoms with van der Waals surface area (Å²) in [6, 6.07) is 11.4. The molecule has 0 aromatic heterocycles. The quantitative estimate of drug-likeness (QED) is 0.403. The lowest BCUT2D eigenvalue weighted by Gasteiger charge is -2.20. The Hall–Kier alpha value is -3.07. The number of benzene rings is 3. The van der Waals surface area contributed by atoms with Crippen LogP contribution in [0.3, 0.4) is 0 Å². The van der Waals surface area contributed by atoms with E-state index < -0.39 is 0 Å². The number of carbonyl (C=O) groups excluding carboxylic acids is 1. The van der Waals surface area contributed by atoms with Crippen LogP contribution in [0, 0.1) is 48.5 Å². The van der Waals surface area contributed by atoms with Crippen molar-refractivity contribution in [1.29, 1.82) is 0 Å². The summed E-state index contributed by atoms with van der Waals surface area (Å²) in [5.41, 5.74) is 18.4. The molecule has 0 spiro atoms. The van der Waals surface area contributed by atoms with Crippen LogP contribution in [0.1, 0.15) is 54.9 Å². The van der Waals surface area contributed by atoms with Gasteiger partial charge in [-0.15, -0.1) is 0 Å². The molecule has 3 nitrogen and oxygen atoms in total. The fourth-order valence-electron chi connectivity index (χ4n) is 3.86. The molecule has 3 heteroatoms. The second-order valence-electron chi connectivity index (χ2n) is 8.06. The first kappa shape index (κ1) is 20.7. The van der Waals surface area contributed by atoms with Crippen LogP contribution < -0.4 is 11.1 Å². The summed E-state index contributed by atoms with van der Waals surface area (Å²) in [5, 5.41) is 3.59. The summed E-state index contributed by atoms with van der Waals surface area (Å²) < 4.78 is 0. The Balaban J connectivity index is 1.97. The first-order valence-electron chi connectivity index (χ1n) is 9.97. The lowest BCUT2D eigenvalue weighted by atomic mass is 9.92. The average Bonchev–Trinajstić information content (AvgIpc) is 2.69. The van der Waals surface area contributed by atoms with Gasteiger partial charge in [0.15, 0.2) is 5.78 Å². The van der Waals surface area contributed by atoms with Crippen LogP contribution in [0.15, 0.2) is 36.4 Å². The molecule has 3 rings (SSSR count). The molecule has 0 radical (unpaired) electrons. The maximum atomic E-state index is 13.1. The topological polar surface area (TPSA) is 55.1 Å². The lowest BCUT2D eigenvalue weighted by Crippen LogP contribution is -2.08. The van der Waals surface area contributed by atoms with Crippen molar-refractivity contribution in [3.63, 3.8) is 0 Å². The largest absolute Gasteiger partial charge is 0.399 e. The van der Waals surface area contributed by atoms with Gasteiger partial charge in [0.25, 0.3) is 0 Å². The molecule has 0 heterocycles. The Morgan fingerprint density at radius 2 is 1.28 bits per heavy atom. The summed E-state index contributed by atoms with van der Waals surface area (Å²) >= 11 is 0. The third-order valence-electron chi connectivity index (χ3n) is 6.25. The highest BCUT2D eigenvalue weighted by atomic mass is 16.1. The fraction of sp³-hybridized carbons (Fsp3) is 0.269. The molecule has 0 bridgehead atoms. The number of carbonyl (C=O) groups is 1.